The molecule has 1 rings (SSSR count). The number of carboxylic acid groups (broad SMARTS) is 1. The first-order valence-corrected chi connectivity index (χ1v) is 5.11. The molecule has 1 N–H and O–H groups in total. The Morgan fingerprint density at radius 1 is 1.44 bits per heavy atom. The summed E-state index contributed by atoms with van der Waals surface area (Å²) < 4.78 is 39.9. The van der Waals surface area contributed by atoms with Crippen LogP contribution in [0.25, 0.3) is 6.08 Å². The van der Waals surface area contributed by atoms with Crippen LogP contribution in [0.15, 0.2) is 24.3 Å². The summed E-state index contributed by atoms with van der Waals surface area (Å²) in [7, 11) is 0. The average molecular weight is 260 g/mol. The standard InChI is InChI=1S/C12H11F3O3/c1-2-8-3-5-10(18-12(13,14)15)7-9(8)4-6-11(16)17/h3-7H,2H2,1H3,(H,16,17)/b6-4+. The molecule has 0 spiro atoms. The van der Waals surface area contributed by atoms with Gasteiger partial charge in [-0.1, -0.05) is 13.0 Å². The van der Waals surface area contributed by atoms with Crippen molar-refractivity contribution >= 4 is 12.0 Å². The molecule has 0 saturated heterocycles. The van der Waals surface area contributed by atoms with Crippen LogP contribution in [0.5, 0.6) is 5.75 Å². The highest BCUT2D eigenvalue weighted by Crippen LogP contribution is 2.26. The number of carbonyl (C=O) groups is 1. The maximum atomic E-state index is 12.0. The van der Waals surface area contributed by atoms with Crippen LogP contribution in [-0.4, -0.2) is 17.4 Å². The smallest absolute Gasteiger partial charge is 0.478 e. The van der Waals surface area contributed by atoms with E-state index in [0.717, 1.165) is 17.7 Å². The Morgan fingerprint density at radius 2 is 2.11 bits per heavy atom. The zero-order valence-electron chi connectivity index (χ0n) is 9.49. The van der Waals surface area contributed by atoms with Crippen LogP contribution in [0, 0.1) is 0 Å². The number of benzene rings is 1. The predicted molar refractivity (Wildman–Crippen MR) is 59.2 cm³/mol. The van der Waals surface area contributed by atoms with Crippen molar-refractivity contribution in [3.8, 4) is 5.75 Å². The van der Waals surface area contributed by atoms with Gasteiger partial charge >= 0.3 is 12.3 Å². The van der Waals surface area contributed by atoms with Crippen molar-refractivity contribution in [2.24, 2.45) is 0 Å². The van der Waals surface area contributed by atoms with E-state index in [0.29, 0.717) is 12.0 Å². The van der Waals surface area contributed by atoms with Crippen LogP contribution in [0.1, 0.15) is 18.1 Å². The van der Waals surface area contributed by atoms with Crippen molar-refractivity contribution in [1.82, 2.24) is 0 Å². The third-order valence-electron chi connectivity index (χ3n) is 2.14. The molecule has 0 radical (unpaired) electrons. The molecule has 0 heterocycles. The fourth-order valence-corrected chi connectivity index (χ4v) is 1.41. The number of hydrogen-bond acceptors (Lipinski definition) is 2. The lowest BCUT2D eigenvalue weighted by Gasteiger charge is -2.11. The minimum atomic E-state index is -4.76. The van der Waals surface area contributed by atoms with Gasteiger partial charge in [0.2, 0.25) is 0 Å². The largest absolute Gasteiger partial charge is 0.573 e. The molecule has 18 heavy (non-hydrogen) atoms. The zero-order valence-corrected chi connectivity index (χ0v) is 9.49. The Labute approximate surface area is 101 Å². The minimum absolute atomic E-state index is 0.371. The maximum absolute atomic E-state index is 12.0. The highest BCUT2D eigenvalue weighted by atomic mass is 19.4. The average Bonchev–Trinajstić information content (AvgIpc) is 2.24. The molecule has 0 fully saturated rings. The fraction of sp³-hybridized carbons (Fsp3) is 0.250. The van der Waals surface area contributed by atoms with E-state index in [9.17, 15) is 18.0 Å². The fourth-order valence-electron chi connectivity index (χ4n) is 1.41. The van der Waals surface area contributed by atoms with Crippen LogP contribution >= 0.6 is 0 Å². The monoisotopic (exact) mass is 260 g/mol. The van der Waals surface area contributed by atoms with Gasteiger partial charge in [-0.15, -0.1) is 13.2 Å². The molecule has 0 aliphatic carbocycles. The number of ether oxygens (including phenoxy) is 1. The maximum Gasteiger partial charge on any atom is 0.573 e. The quantitative estimate of drug-likeness (QED) is 0.845. The summed E-state index contributed by atoms with van der Waals surface area (Å²) in [6.45, 7) is 1.82. The second-order valence-electron chi connectivity index (χ2n) is 3.43. The van der Waals surface area contributed by atoms with Gasteiger partial charge in [-0.2, -0.15) is 0 Å². The zero-order chi connectivity index (χ0) is 13.8. The topological polar surface area (TPSA) is 46.5 Å². The van der Waals surface area contributed by atoms with Gasteiger partial charge in [0.1, 0.15) is 5.75 Å². The van der Waals surface area contributed by atoms with Gasteiger partial charge < -0.3 is 9.84 Å². The summed E-state index contributed by atoms with van der Waals surface area (Å²) in [5.41, 5.74) is 1.13. The number of hydrogen-bond donors (Lipinski definition) is 1. The van der Waals surface area contributed by atoms with Gasteiger partial charge in [0.15, 0.2) is 0 Å². The Hall–Kier alpha value is -1.98. The van der Waals surface area contributed by atoms with Crippen molar-refractivity contribution in [2.75, 3.05) is 0 Å². The van der Waals surface area contributed by atoms with Gasteiger partial charge in [0.25, 0.3) is 0 Å². The van der Waals surface area contributed by atoms with Gasteiger partial charge in [-0.25, -0.2) is 4.79 Å². The van der Waals surface area contributed by atoms with Crippen molar-refractivity contribution in [1.29, 1.82) is 0 Å². The third-order valence-corrected chi connectivity index (χ3v) is 2.14. The number of halogens is 3. The normalized spacial score (nSPS) is 11.8. The molecule has 0 saturated carbocycles. The molecule has 0 aliphatic rings. The first-order chi connectivity index (χ1) is 8.31. The van der Waals surface area contributed by atoms with E-state index >= 15 is 0 Å². The van der Waals surface area contributed by atoms with Gasteiger partial charge in [-0.05, 0) is 35.8 Å². The number of carboxylic acids is 1. The summed E-state index contributed by atoms with van der Waals surface area (Å²) in [6.07, 6.45) is -2.08. The minimum Gasteiger partial charge on any atom is -0.478 e. The number of aliphatic carboxylic acids is 1. The van der Waals surface area contributed by atoms with Crippen molar-refractivity contribution in [2.45, 2.75) is 19.7 Å². The predicted octanol–water partition coefficient (Wildman–Crippen LogP) is 3.25. The lowest BCUT2D eigenvalue weighted by Crippen LogP contribution is -2.17. The second kappa shape index (κ2) is 5.57. The van der Waals surface area contributed by atoms with E-state index in [1.165, 1.54) is 18.2 Å². The van der Waals surface area contributed by atoms with E-state index in [-0.39, 0.29) is 5.75 Å². The number of rotatable bonds is 4. The lowest BCUT2D eigenvalue weighted by molar-refractivity contribution is -0.274. The molecule has 6 heteroatoms. The van der Waals surface area contributed by atoms with E-state index in [1.807, 2.05) is 6.92 Å². The highest BCUT2D eigenvalue weighted by molar-refractivity contribution is 5.85. The number of aryl methyl sites for hydroxylation is 1. The van der Waals surface area contributed by atoms with Crippen LogP contribution in [0.3, 0.4) is 0 Å². The van der Waals surface area contributed by atoms with Crippen molar-refractivity contribution in [3.63, 3.8) is 0 Å². The van der Waals surface area contributed by atoms with E-state index < -0.39 is 12.3 Å². The molecule has 0 aliphatic heterocycles. The van der Waals surface area contributed by atoms with Gasteiger partial charge in [0.05, 0.1) is 0 Å². The molecular weight excluding hydrogens is 249 g/mol. The molecular formula is C12H11F3O3. The molecule has 3 nitrogen and oxygen atoms in total. The first-order valence-electron chi connectivity index (χ1n) is 5.11. The Balaban J connectivity index is 3.05. The SMILES string of the molecule is CCc1ccc(OC(F)(F)F)cc1/C=C/C(=O)O. The summed E-state index contributed by atoms with van der Waals surface area (Å²) in [6, 6.07) is 3.83. The van der Waals surface area contributed by atoms with Crippen LogP contribution in [0.2, 0.25) is 0 Å². The first kappa shape index (κ1) is 14.1. The van der Waals surface area contributed by atoms with Crippen LogP contribution in [-0.2, 0) is 11.2 Å². The van der Waals surface area contributed by atoms with Crippen LogP contribution < -0.4 is 4.74 Å². The van der Waals surface area contributed by atoms with E-state index in [1.54, 1.807) is 0 Å². The molecule has 0 amide bonds. The summed E-state index contributed by atoms with van der Waals surface area (Å²) in [4.78, 5) is 10.4. The third kappa shape index (κ3) is 4.48. The molecule has 98 valence electrons. The molecule has 0 atom stereocenters. The summed E-state index contributed by atoms with van der Waals surface area (Å²) >= 11 is 0. The van der Waals surface area contributed by atoms with Crippen LogP contribution in [0.4, 0.5) is 13.2 Å². The van der Waals surface area contributed by atoms with E-state index in [2.05, 4.69) is 4.74 Å². The summed E-state index contributed by atoms with van der Waals surface area (Å²) in [5.74, 6) is -1.54. The molecule has 1 aromatic carbocycles. The molecule has 0 bridgehead atoms. The molecule has 1 aromatic rings. The van der Waals surface area contributed by atoms with Gasteiger partial charge in [-0.3, -0.25) is 0 Å². The van der Waals surface area contributed by atoms with Crippen molar-refractivity contribution < 1.29 is 27.8 Å². The Bertz CT molecular complexity index is 464. The van der Waals surface area contributed by atoms with Gasteiger partial charge in [0, 0.05) is 6.08 Å². The summed E-state index contributed by atoms with van der Waals surface area (Å²) in [5, 5.41) is 8.50. The Kier molecular flexibility index (Phi) is 4.36. The molecule has 0 aromatic heterocycles. The van der Waals surface area contributed by atoms with Crippen molar-refractivity contribution in [3.05, 3.63) is 35.4 Å². The highest BCUT2D eigenvalue weighted by Gasteiger charge is 2.31. The number of alkyl halides is 3. The van der Waals surface area contributed by atoms with E-state index in [4.69, 9.17) is 5.11 Å². The Morgan fingerprint density at radius 3 is 2.61 bits per heavy atom. The second-order valence-corrected chi connectivity index (χ2v) is 3.43. The lowest BCUT2D eigenvalue weighted by atomic mass is 10.0. The molecule has 0 unspecified atom stereocenters.